The molecule has 0 amide bonds. The van der Waals surface area contributed by atoms with Crippen LogP contribution in [0.25, 0.3) is 0 Å². The summed E-state index contributed by atoms with van der Waals surface area (Å²) in [5, 5.41) is 54.1. The van der Waals surface area contributed by atoms with Crippen molar-refractivity contribution >= 4 is 17.9 Å². The maximum atomic E-state index is 12.3. The smallest absolute Gasteiger partial charge is 0.339 e. The van der Waals surface area contributed by atoms with E-state index in [0.717, 1.165) is 18.2 Å². The third kappa shape index (κ3) is 8.02. The Bertz CT molecular complexity index is 719. The summed E-state index contributed by atoms with van der Waals surface area (Å²) in [6, 6.07) is 3.15. The van der Waals surface area contributed by atoms with E-state index in [4.69, 9.17) is 29.5 Å². The molecule has 0 aliphatic heterocycles. The topological polar surface area (TPSA) is 200 Å². The van der Waals surface area contributed by atoms with Crippen LogP contribution in [-0.2, 0) is 14.2 Å². The van der Waals surface area contributed by atoms with Gasteiger partial charge in [0.2, 0.25) is 0 Å². The summed E-state index contributed by atoms with van der Waals surface area (Å²) in [5.41, 5.74) is -0.960. The van der Waals surface area contributed by atoms with Gasteiger partial charge in [0.1, 0.15) is 38.1 Å². The molecule has 0 heterocycles. The Kier molecular flexibility index (Phi) is 10.9. The molecule has 0 saturated carbocycles. The molecule has 3 atom stereocenters. The van der Waals surface area contributed by atoms with E-state index in [9.17, 15) is 29.7 Å². The molecule has 6 N–H and O–H groups in total. The fraction of sp³-hybridized carbons (Fsp3) is 0.500. The number of carbonyl (C=O) groups excluding carboxylic acids is 3. The van der Waals surface area contributed by atoms with E-state index < -0.39 is 81.4 Å². The molecule has 30 heavy (non-hydrogen) atoms. The van der Waals surface area contributed by atoms with Gasteiger partial charge in [0.25, 0.3) is 0 Å². The summed E-state index contributed by atoms with van der Waals surface area (Å²) in [6.45, 7) is -3.64. The largest absolute Gasteiger partial charge is 0.459 e. The summed E-state index contributed by atoms with van der Waals surface area (Å²) >= 11 is 0. The highest BCUT2D eigenvalue weighted by molar-refractivity contribution is 6.05. The minimum absolute atomic E-state index is 0.193. The van der Waals surface area contributed by atoms with Crippen molar-refractivity contribution in [1.82, 2.24) is 0 Å². The van der Waals surface area contributed by atoms with Crippen molar-refractivity contribution in [3.05, 3.63) is 34.9 Å². The van der Waals surface area contributed by atoms with Crippen molar-refractivity contribution in [1.29, 1.82) is 0 Å². The second-order valence-electron chi connectivity index (χ2n) is 6.06. The van der Waals surface area contributed by atoms with Crippen LogP contribution in [0.3, 0.4) is 0 Å². The minimum Gasteiger partial charge on any atom is -0.459 e. The molecule has 12 nitrogen and oxygen atoms in total. The zero-order valence-electron chi connectivity index (χ0n) is 15.8. The number of aliphatic hydroxyl groups is 6. The summed E-state index contributed by atoms with van der Waals surface area (Å²) < 4.78 is 14.4. The summed E-state index contributed by atoms with van der Waals surface area (Å²) in [6.07, 6.45) is -4.00. The molecule has 12 heteroatoms. The summed E-state index contributed by atoms with van der Waals surface area (Å²) in [5.74, 6) is -3.16. The first-order valence-corrected chi connectivity index (χ1v) is 8.75. The van der Waals surface area contributed by atoms with Crippen LogP contribution >= 0.6 is 0 Å². The fourth-order valence-electron chi connectivity index (χ4n) is 1.93. The van der Waals surface area contributed by atoms with Gasteiger partial charge in [-0.05, 0) is 18.2 Å². The quantitative estimate of drug-likeness (QED) is 0.147. The number of esters is 3. The van der Waals surface area contributed by atoms with Crippen LogP contribution in [0.4, 0.5) is 0 Å². The molecule has 0 bridgehead atoms. The van der Waals surface area contributed by atoms with Crippen molar-refractivity contribution in [2.75, 3.05) is 39.6 Å². The highest BCUT2D eigenvalue weighted by Gasteiger charge is 2.24. The maximum absolute atomic E-state index is 12.3. The highest BCUT2D eigenvalue weighted by atomic mass is 16.6. The van der Waals surface area contributed by atoms with E-state index in [1.807, 2.05) is 0 Å². The van der Waals surface area contributed by atoms with Gasteiger partial charge < -0.3 is 44.8 Å². The zero-order valence-corrected chi connectivity index (χ0v) is 15.8. The van der Waals surface area contributed by atoms with Gasteiger partial charge in [0, 0.05) is 0 Å². The van der Waals surface area contributed by atoms with E-state index in [0.29, 0.717) is 0 Å². The first-order chi connectivity index (χ1) is 14.2. The standard InChI is InChI=1S/C18H24O12/c19-4-11(22)7-28-16(25)10-1-2-14(17(26)29-8-12(23)5-20)15(3-10)18(27)30-9-13(24)6-21/h1-3,11-13,19-24H,4-9H2. The Hall–Kier alpha value is -2.61. The molecular formula is C18H24O12. The molecule has 0 fully saturated rings. The van der Waals surface area contributed by atoms with Crippen LogP contribution in [-0.4, -0.2) is 107 Å². The predicted molar refractivity (Wildman–Crippen MR) is 96.6 cm³/mol. The van der Waals surface area contributed by atoms with E-state index in [1.54, 1.807) is 0 Å². The zero-order chi connectivity index (χ0) is 22.7. The maximum Gasteiger partial charge on any atom is 0.339 e. The van der Waals surface area contributed by atoms with Crippen LogP contribution in [0.15, 0.2) is 18.2 Å². The van der Waals surface area contributed by atoms with E-state index in [1.165, 1.54) is 0 Å². The highest BCUT2D eigenvalue weighted by Crippen LogP contribution is 2.17. The number of carbonyl (C=O) groups is 3. The molecule has 1 aromatic rings. The number of aliphatic hydroxyl groups excluding tert-OH is 6. The van der Waals surface area contributed by atoms with Crippen molar-refractivity contribution in [3.63, 3.8) is 0 Å². The molecule has 1 aromatic carbocycles. The molecule has 1 rings (SSSR count). The van der Waals surface area contributed by atoms with Gasteiger partial charge >= 0.3 is 17.9 Å². The predicted octanol–water partition coefficient (Wildman–Crippen LogP) is -2.78. The lowest BCUT2D eigenvalue weighted by molar-refractivity contribution is 0.00621. The van der Waals surface area contributed by atoms with Gasteiger partial charge in [0.05, 0.1) is 36.5 Å². The van der Waals surface area contributed by atoms with Crippen molar-refractivity contribution in [2.45, 2.75) is 18.3 Å². The first kappa shape index (κ1) is 25.4. The fourth-order valence-corrected chi connectivity index (χ4v) is 1.93. The molecular weight excluding hydrogens is 408 g/mol. The molecule has 0 radical (unpaired) electrons. The second-order valence-corrected chi connectivity index (χ2v) is 6.06. The molecule has 0 aromatic heterocycles. The summed E-state index contributed by atoms with van der Waals surface area (Å²) in [7, 11) is 0. The number of benzene rings is 1. The van der Waals surface area contributed by atoms with Crippen LogP contribution in [0.1, 0.15) is 31.1 Å². The van der Waals surface area contributed by atoms with E-state index in [2.05, 4.69) is 0 Å². The van der Waals surface area contributed by atoms with Crippen LogP contribution in [0.2, 0.25) is 0 Å². The van der Waals surface area contributed by atoms with E-state index >= 15 is 0 Å². The normalized spacial score (nSPS) is 13.8. The molecule has 0 saturated heterocycles. The molecule has 0 aliphatic rings. The Morgan fingerprint density at radius 1 is 0.667 bits per heavy atom. The third-order valence-corrected chi connectivity index (χ3v) is 3.55. The number of hydrogen-bond acceptors (Lipinski definition) is 12. The van der Waals surface area contributed by atoms with Gasteiger partial charge in [-0.1, -0.05) is 0 Å². The number of rotatable bonds is 12. The molecule has 0 spiro atoms. The van der Waals surface area contributed by atoms with E-state index in [-0.39, 0.29) is 11.1 Å². The first-order valence-electron chi connectivity index (χ1n) is 8.75. The van der Waals surface area contributed by atoms with Gasteiger partial charge in [-0.15, -0.1) is 0 Å². The Labute approximate surface area is 170 Å². The van der Waals surface area contributed by atoms with Gasteiger partial charge in [-0.2, -0.15) is 0 Å². The van der Waals surface area contributed by atoms with Crippen LogP contribution < -0.4 is 0 Å². The average molecular weight is 432 g/mol. The Balaban J connectivity index is 3.09. The number of ether oxygens (including phenoxy) is 3. The Morgan fingerprint density at radius 2 is 1.07 bits per heavy atom. The molecule has 0 aliphatic carbocycles. The second kappa shape index (κ2) is 12.8. The van der Waals surface area contributed by atoms with Gasteiger partial charge in [-0.25, -0.2) is 14.4 Å². The molecule has 168 valence electrons. The monoisotopic (exact) mass is 432 g/mol. The van der Waals surface area contributed by atoms with Crippen molar-refractivity contribution in [3.8, 4) is 0 Å². The number of hydrogen-bond donors (Lipinski definition) is 6. The van der Waals surface area contributed by atoms with Crippen molar-refractivity contribution < 1.29 is 59.2 Å². The molecule has 3 unspecified atom stereocenters. The minimum atomic E-state index is -1.36. The lowest BCUT2D eigenvalue weighted by atomic mass is 10.0. The summed E-state index contributed by atoms with van der Waals surface area (Å²) in [4.78, 5) is 36.6. The lowest BCUT2D eigenvalue weighted by Crippen LogP contribution is -2.25. The van der Waals surface area contributed by atoms with Crippen LogP contribution in [0.5, 0.6) is 0 Å². The SMILES string of the molecule is O=C(OCC(O)CO)c1ccc(C(=O)OCC(O)CO)c(C(=O)OCC(O)CO)c1. The average Bonchev–Trinajstić information content (AvgIpc) is 2.77. The third-order valence-electron chi connectivity index (χ3n) is 3.55. The van der Waals surface area contributed by atoms with Gasteiger partial charge in [0.15, 0.2) is 0 Å². The van der Waals surface area contributed by atoms with Crippen molar-refractivity contribution in [2.24, 2.45) is 0 Å². The lowest BCUT2D eigenvalue weighted by Gasteiger charge is -2.14. The van der Waals surface area contributed by atoms with Crippen LogP contribution in [0, 0.1) is 0 Å². The Morgan fingerprint density at radius 3 is 1.50 bits per heavy atom. The van der Waals surface area contributed by atoms with Gasteiger partial charge in [-0.3, -0.25) is 0 Å².